The van der Waals surface area contributed by atoms with Gasteiger partial charge in [-0.05, 0) is 48.4 Å². The van der Waals surface area contributed by atoms with E-state index in [1.807, 2.05) is 48.7 Å². The van der Waals surface area contributed by atoms with Crippen LogP contribution in [0, 0.1) is 6.92 Å². The summed E-state index contributed by atoms with van der Waals surface area (Å²) in [6.45, 7) is 2.89. The Morgan fingerprint density at radius 3 is 2.47 bits per heavy atom. The zero-order valence-electron chi connectivity index (χ0n) is 23.9. The number of carboxylic acids is 1. The zero-order chi connectivity index (χ0) is 32.3. The molecule has 45 heavy (non-hydrogen) atoms. The van der Waals surface area contributed by atoms with E-state index in [2.05, 4.69) is 10.7 Å². The van der Waals surface area contributed by atoms with Gasteiger partial charge in [0.1, 0.15) is 23.1 Å². The molecule has 0 amide bonds. The van der Waals surface area contributed by atoms with Gasteiger partial charge in [0.15, 0.2) is 17.5 Å². The molecule has 234 valence electrons. The van der Waals surface area contributed by atoms with Crippen molar-refractivity contribution in [1.82, 2.24) is 4.98 Å². The maximum atomic E-state index is 13.5. The summed E-state index contributed by atoms with van der Waals surface area (Å²) in [6, 6.07) is 17.5. The van der Waals surface area contributed by atoms with Crippen LogP contribution in [0.25, 0.3) is 33.0 Å². The average Bonchev–Trinajstić information content (AvgIpc) is 3.24. The Hall–Kier alpha value is -5.30. The van der Waals surface area contributed by atoms with E-state index in [1.54, 1.807) is 25.1 Å². The van der Waals surface area contributed by atoms with Crippen molar-refractivity contribution in [3.8, 4) is 28.4 Å². The van der Waals surface area contributed by atoms with E-state index in [4.69, 9.17) is 28.5 Å². The number of para-hydroxylation sites is 1. The van der Waals surface area contributed by atoms with Gasteiger partial charge in [0.05, 0.1) is 24.2 Å². The molecule has 1 aliphatic heterocycles. The molecule has 2 aromatic heterocycles. The summed E-state index contributed by atoms with van der Waals surface area (Å²) in [5, 5.41) is 10.2. The number of alkyl halides is 3. The summed E-state index contributed by atoms with van der Waals surface area (Å²) >= 11 is 0. The van der Waals surface area contributed by atoms with Crippen LogP contribution in [0.15, 0.2) is 76.1 Å². The molecule has 4 N–H and O–H groups in total. The second kappa shape index (κ2) is 12.7. The summed E-state index contributed by atoms with van der Waals surface area (Å²) in [4.78, 5) is 38.3. The van der Waals surface area contributed by atoms with Crippen LogP contribution in [0.2, 0.25) is 0 Å². The lowest BCUT2D eigenvalue weighted by Gasteiger charge is -2.12. The van der Waals surface area contributed by atoms with Crippen LogP contribution < -0.4 is 30.5 Å². The molecule has 10 nitrogen and oxygen atoms in total. The predicted molar refractivity (Wildman–Crippen MR) is 154 cm³/mol. The maximum Gasteiger partial charge on any atom is 0.430 e. The summed E-state index contributed by atoms with van der Waals surface area (Å²) in [6.07, 6.45) is -2.07. The Kier molecular flexibility index (Phi) is 8.82. The van der Waals surface area contributed by atoms with Gasteiger partial charge < -0.3 is 39.2 Å². The first kappa shape index (κ1) is 31.1. The number of nitrogens with one attached hydrogen (secondary N) is 1. The first-order valence-corrected chi connectivity index (χ1v) is 13.8. The highest BCUT2D eigenvalue weighted by molar-refractivity contribution is 5.86. The maximum absolute atomic E-state index is 13.5. The highest BCUT2D eigenvalue weighted by atomic mass is 19.4. The van der Waals surface area contributed by atoms with Crippen molar-refractivity contribution in [3.63, 3.8) is 0 Å². The van der Waals surface area contributed by atoms with Crippen molar-refractivity contribution in [1.29, 1.82) is 0 Å². The molecule has 0 spiro atoms. The minimum Gasteiger partial charge on any atom is -0.542 e. The predicted octanol–water partition coefficient (Wildman–Crippen LogP) is 3.47. The second-order valence-corrected chi connectivity index (χ2v) is 10.2. The highest BCUT2D eigenvalue weighted by Gasteiger charge is 2.29. The number of hydrogen-bond acceptors (Lipinski definition) is 8. The summed E-state index contributed by atoms with van der Waals surface area (Å²) in [7, 11) is 0. The number of aromatic amines is 1. The van der Waals surface area contributed by atoms with Crippen molar-refractivity contribution in [3.05, 3.63) is 88.4 Å². The molecule has 6 rings (SSSR count). The molecule has 0 saturated carbocycles. The minimum atomic E-state index is -5.19. The van der Waals surface area contributed by atoms with Gasteiger partial charge in [0.25, 0.3) is 0 Å². The zero-order valence-corrected chi connectivity index (χ0v) is 23.9. The number of carbonyl (C=O) groups excluding carboxylic acids is 2. The number of carbonyl (C=O) groups is 2. The fourth-order valence-electron chi connectivity index (χ4n) is 4.85. The Bertz CT molecular complexity index is 1950. The molecule has 3 heterocycles. The number of benzene rings is 3. The van der Waals surface area contributed by atoms with E-state index in [-0.39, 0.29) is 5.43 Å². The number of esters is 1. The SMILES string of the molecule is Cc1oc2cc(OC(=O)[C@H]([NH3+])Cc3c[nH]c4ccccc34)ccc2c(=O)c1-c1ccc2c(c1)OCCCO2.O=C([O-])C(F)(F)F. The molecule has 0 saturated heterocycles. The van der Waals surface area contributed by atoms with Crippen LogP contribution in [0.5, 0.6) is 17.2 Å². The van der Waals surface area contributed by atoms with Gasteiger partial charge in [0.2, 0.25) is 5.43 Å². The van der Waals surface area contributed by atoms with E-state index >= 15 is 0 Å². The lowest BCUT2D eigenvalue weighted by Crippen LogP contribution is -2.67. The van der Waals surface area contributed by atoms with E-state index in [0.29, 0.717) is 64.7 Å². The van der Waals surface area contributed by atoms with E-state index in [0.717, 1.165) is 22.9 Å². The first-order valence-electron chi connectivity index (χ1n) is 13.8. The molecule has 0 fully saturated rings. The minimum absolute atomic E-state index is 0.175. The molecular formula is C32H27F3N2O8. The summed E-state index contributed by atoms with van der Waals surface area (Å²) < 4.78 is 54.7. The number of carboxylic acid groups (broad SMARTS) is 1. The molecule has 3 aromatic carbocycles. The highest BCUT2D eigenvalue weighted by Crippen LogP contribution is 2.35. The van der Waals surface area contributed by atoms with Gasteiger partial charge >= 0.3 is 12.1 Å². The fourth-order valence-corrected chi connectivity index (χ4v) is 4.85. The van der Waals surface area contributed by atoms with Crippen molar-refractivity contribution in [2.75, 3.05) is 13.2 Å². The number of rotatable bonds is 5. The van der Waals surface area contributed by atoms with E-state index in [1.165, 1.54) is 0 Å². The average molecular weight is 625 g/mol. The summed E-state index contributed by atoms with van der Waals surface area (Å²) in [5.41, 5.74) is 7.32. The lowest BCUT2D eigenvalue weighted by molar-refractivity contribution is -0.406. The molecular weight excluding hydrogens is 597 g/mol. The van der Waals surface area contributed by atoms with Crippen LogP contribution >= 0.6 is 0 Å². The lowest BCUT2D eigenvalue weighted by atomic mass is 10.0. The summed E-state index contributed by atoms with van der Waals surface area (Å²) in [5.74, 6) is -1.45. The van der Waals surface area contributed by atoms with Crippen LogP contribution in [0.1, 0.15) is 17.7 Å². The molecule has 0 aliphatic carbocycles. The molecule has 1 atom stereocenters. The number of ether oxygens (including phenoxy) is 3. The third-order valence-corrected chi connectivity index (χ3v) is 7.00. The van der Waals surface area contributed by atoms with Crippen molar-refractivity contribution in [2.24, 2.45) is 0 Å². The molecule has 0 radical (unpaired) electrons. The number of hydrogen-bond donors (Lipinski definition) is 2. The van der Waals surface area contributed by atoms with E-state index < -0.39 is 24.2 Å². The van der Waals surface area contributed by atoms with E-state index in [9.17, 15) is 22.8 Å². The number of fused-ring (bicyclic) bond motifs is 3. The quantitative estimate of drug-likeness (QED) is 0.222. The molecule has 1 aliphatic rings. The topological polar surface area (TPSA) is 159 Å². The number of quaternary nitrogens is 1. The van der Waals surface area contributed by atoms with Crippen LogP contribution in [0.4, 0.5) is 13.2 Å². The normalized spacial score (nSPS) is 13.4. The van der Waals surface area contributed by atoms with Crippen LogP contribution in [-0.4, -0.2) is 42.4 Å². The number of H-pyrrole nitrogens is 1. The Labute approximate surface area is 253 Å². The fraction of sp³-hybridized carbons (Fsp3) is 0.219. The van der Waals surface area contributed by atoms with Crippen molar-refractivity contribution >= 4 is 33.8 Å². The van der Waals surface area contributed by atoms with Gasteiger partial charge in [-0.25, -0.2) is 4.79 Å². The van der Waals surface area contributed by atoms with Crippen molar-refractivity contribution < 1.29 is 52.2 Å². The number of aromatic nitrogens is 1. The van der Waals surface area contributed by atoms with Crippen LogP contribution in [-0.2, 0) is 16.0 Å². The largest absolute Gasteiger partial charge is 0.542 e. The smallest absolute Gasteiger partial charge is 0.430 e. The van der Waals surface area contributed by atoms with Gasteiger partial charge in [-0.3, -0.25) is 4.79 Å². The third kappa shape index (κ3) is 6.93. The van der Waals surface area contributed by atoms with Crippen molar-refractivity contribution in [2.45, 2.75) is 32.0 Å². The second-order valence-electron chi connectivity index (χ2n) is 10.2. The Morgan fingerprint density at radius 2 is 1.73 bits per heavy atom. The monoisotopic (exact) mass is 624 g/mol. The molecule has 0 unspecified atom stereocenters. The first-order chi connectivity index (χ1) is 21.4. The standard InChI is InChI=1S/C30H26N2O6.C2HF3O2/c1-17-28(18-7-10-25-27(14-18)36-12-4-11-35-25)29(33)22-9-8-20(15-26(22)37-17)38-30(34)23(31)13-19-16-32-24-6-3-2-5-21(19)24;3-2(4,5)1(6)7/h2-3,5-10,14-16,23,32H,4,11-13,31H2,1H3;(H,6,7)/t23-;/m1./s1. The van der Waals surface area contributed by atoms with Gasteiger partial charge in [0, 0.05) is 36.0 Å². The van der Waals surface area contributed by atoms with Gasteiger partial charge in [-0.1, -0.05) is 24.3 Å². The Balaban J connectivity index is 0.000000515. The molecule has 13 heteroatoms. The number of aliphatic carboxylic acids is 1. The molecule has 5 aromatic rings. The third-order valence-electron chi connectivity index (χ3n) is 7.00. The van der Waals surface area contributed by atoms with Gasteiger partial charge in [-0.2, -0.15) is 13.2 Å². The van der Waals surface area contributed by atoms with Gasteiger partial charge in [-0.15, -0.1) is 0 Å². The Morgan fingerprint density at radius 1 is 1.02 bits per heavy atom. The number of aryl methyl sites for hydroxylation is 1. The van der Waals surface area contributed by atoms with Crippen LogP contribution in [0.3, 0.4) is 0 Å². The molecule has 0 bridgehead atoms. The number of halogens is 3.